The number of amides is 1. The highest BCUT2D eigenvalue weighted by Crippen LogP contribution is 2.29. The van der Waals surface area contributed by atoms with Crippen molar-refractivity contribution in [2.45, 2.75) is 6.42 Å². The maximum atomic E-state index is 12.9. The molecule has 0 bridgehead atoms. The van der Waals surface area contributed by atoms with Crippen LogP contribution in [0.25, 0.3) is 17.1 Å². The molecule has 5 rings (SSSR count). The summed E-state index contributed by atoms with van der Waals surface area (Å²) in [6.07, 6.45) is 3.82. The lowest BCUT2D eigenvalue weighted by Gasteiger charge is -2.17. The average Bonchev–Trinajstić information content (AvgIpc) is 3.26. The summed E-state index contributed by atoms with van der Waals surface area (Å²) in [5.41, 5.74) is 4.44. The predicted molar refractivity (Wildman–Crippen MR) is 123 cm³/mol. The molecule has 0 spiro atoms. The fourth-order valence-corrected chi connectivity index (χ4v) is 3.85. The van der Waals surface area contributed by atoms with Crippen LogP contribution in [0.5, 0.6) is 5.88 Å². The van der Waals surface area contributed by atoms with Gasteiger partial charge in [-0.2, -0.15) is 0 Å². The standard InChI is InChI=1S/C26H19N3O3/c30-23(24-25(31)28-21-7-3-2-6-20(21)27-24)14-11-17-9-12-19(13-10-17)26(32)29-16-15-18-5-1-4-8-22(18)29/h1-14H,15-16H2,(H,28,31). The number of nitrogens with zero attached hydrogens (tertiary/aromatic N) is 3. The van der Waals surface area contributed by atoms with E-state index in [0.717, 1.165) is 17.7 Å². The van der Waals surface area contributed by atoms with Crippen LogP contribution in [0.15, 0.2) is 78.9 Å². The van der Waals surface area contributed by atoms with Gasteiger partial charge in [0.2, 0.25) is 11.7 Å². The van der Waals surface area contributed by atoms with Gasteiger partial charge in [-0.05, 0) is 54.0 Å². The molecule has 2 heterocycles. The highest BCUT2D eigenvalue weighted by molar-refractivity contribution is 6.08. The first-order valence-electron chi connectivity index (χ1n) is 10.3. The number of benzene rings is 3. The molecule has 1 aliphatic heterocycles. The van der Waals surface area contributed by atoms with Crippen LogP contribution in [0.2, 0.25) is 0 Å². The minimum Gasteiger partial charge on any atom is -0.492 e. The van der Waals surface area contributed by atoms with Crippen molar-refractivity contribution in [1.82, 2.24) is 9.97 Å². The van der Waals surface area contributed by atoms with E-state index in [1.54, 1.807) is 59.5 Å². The number of hydrogen-bond acceptors (Lipinski definition) is 5. The minimum atomic E-state index is -0.449. The summed E-state index contributed by atoms with van der Waals surface area (Å²) in [6.45, 7) is 0.671. The lowest BCUT2D eigenvalue weighted by Crippen LogP contribution is -2.28. The van der Waals surface area contributed by atoms with Crippen LogP contribution in [0.1, 0.15) is 32.0 Å². The van der Waals surface area contributed by atoms with E-state index in [4.69, 9.17) is 0 Å². The molecule has 1 aliphatic rings. The number of allylic oxidation sites excluding steroid dienone is 1. The van der Waals surface area contributed by atoms with Crippen LogP contribution in [0.4, 0.5) is 5.69 Å². The monoisotopic (exact) mass is 421 g/mol. The number of ketones is 1. The van der Waals surface area contributed by atoms with E-state index in [-0.39, 0.29) is 11.6 Å². The molecule has 0 unspecified atom stereocenters. The van der Waals surface area contributed by atoms with Gasteiger partial charge in [-0.25, -0.2) is 9.97 Å². The Kier molecular flexibility index (Phi) is 4.95. The molecule has 156 valence electrons. The number of aromatic hydroxyl groups is 1. The maximum absolute atomic E-state index is 12.9. The summed E-state index contributed by atoms with van der Waals surface area (Å²) in [5.74, 6) is -0.891. The summed E-state index contributed by atoms with van der Waals surface area (Å²) in [7, 11) is 0. The van der Waals surface area contributed by atoms with Crippen LogP contribution >= 0.6 is 0 Å². The van der Waals surface area contributed by atoms with Crippen molar-refractivity contribution in [3.05, 3.63) is 101 Å². The lowest BCUT2D eigenvalue weighted by molar-refractivity contribution is 0.0988. The summed E-state index contributed by atoms with van der Waals surface area (Å²) in [6, 6.07) is 22.0. The van der Waals surface area contributed by atoms with E-state index in [2.05, 4.69) is 9.97 Å². The fourth-order valence-electron chi connectivity index (χ4n) is 3.85. The number of anilines is 1. The first-order chi connectivity index (χ1) is 15.6. The number of fused-ring (bicyclic) bond motifs is 2. The molecule has 3 aromatic carbocycles. The highest BCUT2D eigenvalue weighted by atomic mass is 16.3. The summed E-state index contributed by atoms with van der Waals surface area (Å²) in [5, 5.41) is 10.1. The number of rotatable bonds is 4. The van der Waals surface area contributed by atoms with Crippen molar-refractivity contribution >= 4 is 34.5 Å². The molecule has 4 aromatic rings. The van der Waals surface area contributed by atoms with E-state index >= 15 is 0 Å². The first kappa shape index (κ1) is 19.6. The van der Waals surface area contributed by atoms with Crippen LogP contribution in [-0.2, 0) is 6.42 Å². The minimum absolute atomic E-state index is 0.0436. The van der Waals surface area contributed by atoms with E-state index in [1.807, 2.05) is 24.3 Å². The number of carbonyl (C=O) groups is 2. The van der Waals surface area contributed by atoms with Gasteiger partial charge in [0, 0.05) is 17.8 Å². The van der Waals surface area contributed by atoms with E-state index in [0.29, 0.717) is 23.1 Å². The van der Waals surface area contributed by atoms with Gasteiger partial charge in [0.05, 0.1) is 11.0 Å². The van der Waals surface area contributed by atoms with Gasteiger partial charge in [0.1, 0.15) is 0 Å². The normalized spacial score (nSPS) is 12.9. The number of carbonyl (C=O) groups excluding carboxylic acids is 2. The highest BCUT2D eigenvalue weighted by Gasteiger charge is 2.24. The third-order valence-corrected chi connectivity index (χ3v) is 5.50. The molecule has 6 nitrogen and oxygen atoms in total. The van der Waals surface area contributed by atoms with Crippen molar-refractivity contribution in [3.63, 3.8) is 0 Å². The zero-order valence-electron chi connectivity index (χ0n) is 17.1. The Morgan fingerprint density at radius 3 is 2.34 bits per heavy atom. The molecule has 0 radical (unpaired) electrons. The fraction of sp³-hybridized carbons (Fsp3) is 0.0769. The summed E-state index contributed by atoms with van der Waals surface area (Å²) >= 11 is 0. The number of hydrogen-bond donors (Lipinski definition) is 1. The largest absolute Gasteiger partial charge is 0.492 e. The second kappa shape index (κ2) is 8.07. The van der Waals surface area contributed by atoms with Crippen LogP contribution < -0.4 is 4.90 Å². The van der Waals surface area contributed by atoms with Crippen molar-refractivity contribution in [3.8, 4) is 5.88 Å². The quantitative estimate of drug-likeness (QED) is 0.389. The molecular formula is C26H19N3O3. The lowest BCUT2D eigenvalue weighted by atomic mass is 10.1. The van der Waals surface area contributed by atoms with Crippen molar-refractivity contribution in [2.75, 3.05) is 11.4 Å². The smallest absolute Gasteiger partial charge is 0.258 e. The van der Waals surface area contributed by atoms with Crippen LogP contribution in [-0.4, -0.2) is 33.3 Å². The Balaban J connectivity index is 1.32. The Hall–Kier alpha value is -4.32. The third-order valence-electron chi connectivity index (χ3n) is 5.50. The zero-order valence-corrected chi connectivity index (χ0v) is 17.1. The van der Waals surface area contributed by atoms with Gasteiger partial charge in [-0.3, -0.25) is 9.59 Å². The molecule has 0 atom stereocenters. The second-order valence-corrected chi connectivity index (χ2v) is 7.54. The summed E-state index contributed by atoms with van der Waals surface area (Å²) in [4.78, 5) is 35.5. The zero-order chi connectivity index (χ0) is 22.1. The van der Waals surface area contributed by atoms with Gasteiger partial charge < -0.3 is 10.0 Å². The van der Waals surface area contributed by atoms with E-state index < -0.39 is 11.7 Å². The van der Waals surface area contributed by atoms with Gasteiger partial charge in [0.25, 0.3) is 5.91 Å². The van der Waals surface area contributed by atoms with Crippen molar-refractivity contribution < 1.29 is 14.7 Å². The topological polar surface area (TPSA) is 83.4 Å². The third kappa shape index (κ3) is 3.63. The summed E-state index contributed by atoms with van der Waals surface area (Å²) < 4.78 is 0. The van der Waals surface area contributed by atoms with E-state index in [1.165, 1.54) is 11.6 Å². The maximum Gasteiger partial charge on any atom is 0.258 e. The molecule has 0 saturated carbocycles. The second-order valence-electron chi connectivity index (χ2n) is 7.54. The Bertz CT molecular complexity index is 1380. The Morgan fingerprint density at radius 1 is 0.875 bits per heavy atom. The SMILES string of the molecule is O=C(C=Cc1ccc(C(=O)N2CCc3ccccc32)cc1)c1nc2ccccc2nc1O. The molecule has 0 aliphatic carbocycles. The first-order valence-corrected chi connectivity index (χ1v) is 10.3. The van der Waals surface area contributed by atoms with Gasteiger partial charge in [-0.15, -0.1) is 0 Å². The molecule has 1 amide bonds. The Morgan fingerprint density at radius 2 is 1.56 bits per heavy atom. The van der Waals surface area contributed by atoms with E-state index in [9.17, 15) is 14.7 Å². The average molecular weight is 421 g/mol. The van der Waals surface area contributed by atoms with Gasteiger partial charge >= 0.3 is 0 Å². The number of aromatic nitrogens is 2. The van der Waals surface area contributed by atoms with Crippen LogP contribution in [0.3, 0.4) is 0 Å². The van der Waals surface area contributed by atoms with Crippen LogP contribution in [0, 0.1) is 0 Å². The molecule has 0 saturated heterocycles. The van der Waals surface area contributed by atoms with Gasteiger partial charge in [-0.1, -0.05) is 48.5 Å². The van der Waals surface area contributed by atoms with Crippen molar-refractivity contribution in [1.29, 1.82) is 0 Å². The van der Waals surface area contributed by atoms with Gasteiger partial charge in [0.15, 0.2) is 5.69 Å². The molecule has 1 N–H and O–H groups in total. The molecular weight excluding hydrogens is 402 g/mol. The molecule has 1 aromatic heterocycles. The molecule has 6 heteroatoms. The predicted octanol–water partition coefficient (Wildman–Crippen LogP) is 4.43. The number of para-hydroxylation sites is 3. The van der Waals surface area contributed by atoms with Crippen molar-refractivity contribution in [2.24, 2.45) is 0 Å². The molecule has 0 fully saturated rings. The Labute approximate surface area is 184 Å². The molecule has 32 heavy (non-hydrogen) atoms.